The molecule has 1 aliphatic rings. The van der Waals surface area contributed by atoms with Crippen LogP contribution in [-0.2, 0) is 22.5 Å². The van der Waals surface area contributed by atoms with Gasteiger partial charge < -0.3 is 20.1 Å². The number of carbonyl (C=O) groups excluding carboxylic acids is 1. The van der Waals surface area contributed by atoms with Crippen molar-refractivity contribution in [1.29, 1.82) is 0 Å². The minimum absolute atomic E-state index is 0.0908. The fourth-order valence-corrected chi connectivity index (χ4v) is 3.20. The van der Waals surface area contributed by atoms with E-state index in [1.807, 2.05) is 53.4 Å². The largest absolute Gasteiger partial charge is 0.497 e. The van der Waals surface area contributed by atoms with Gasteiger partial charge in [0.15, 0.2) is 0 Å². The second-order valence-corrected chi connectivity index (χ2v) is 6.68. The molecule has 0 saturated carbocycles. The number of hydrogen-bond acceptors (Lipinski definition) is 4. The Labute approximate surface area is 154 Å². The van der Waals surface area contributed by atoms with Crippen LogP contribution in [0.5, 0.6) is 5.75 Å². The predicted molar refractivity (Wildman–Crippen MR) is 102 cm³/mol. The smallest absolute Gasteiger partial charge is 0.227 e. The zero-order valence-corrected chi connectivity index (χ0v) is 15.2. The van der Waals surface area contributed by atoms with Crippen molar-refractivity contribution in [3.63, 3.8) is 0 Å². The average Bonchev–Trinajstić information content (AvgIpc) is 3.16. The second kappa shape index (κ2) is 8.72. The molecule has 2 N–H and O–H groups in total. The summed E-state index contributed by atoms with van der Waals surface area (Å²) in [6.45, 7) is 1.94. The lowest BCUT2D eigenvalue weighted by Gasteiger charge is -2.26. The quantitative estimate of drug-likeness (QED) is 0.776. The maximum Gasteiger partial charge on any atom is 0.227 e. The first-order chi connectivity index (χ1) is 12.6. The fraction of sp³-hybridized carbons (Fsp3) is 0.381. The van der Waals surface area contributed by atoms with Crippen molar-refractivity contribution in [2.45, 2.75) is 31.9 Å². The van der Waals surface area contributed by atoms with Gasteiger partial charge in [0.1, 0.15) is 5.75 Å². The van der Waals surface area contributed by atoms with Crippen LogP contribution in [0.1, 0.15) is 24.0 Å². The number of carbonyl (C=O) groups is 1. The lowest BCUT2D eigenvalue weighted by molar-refractivity contribution is -0.132. The zero-order valence-electron chi connectivity index (χ0n) is 15.2. The van der Waals surface area contributed by atoms with Gasteiger partial charge in [-0.1, -0.05) is 24.3 Å². The van der Waals surface area contributed by atoms with E-state index in [-0.39, 0.29) is 12.0 Å². The molecule has 1 heterocycles. The summed E-state index contributed by atoms with van der Waals surface area (Å²) in [5.74, 6) is 0.888. The molecule has 0 aliphatic carbocycles. The summed E-state index contributed by atoms with van der Waals surface area (Å²) in [5, 5.41) is 0. The van der Waals surface area contributed by atoms with Crippen LogP contribution in [-0.4, -0.2) is 37.2 Å². The van der Waals surface area contributed by atoms with Gasteiger partial charge in [-0.3, -0.25) is 4.79 Å². The molecular weight excluding hydrogens is 328 g/mol. The van der Waals surface area contributed by atoms with E-state index in [4.69, 9.17) is 15.2 Å². The summed E-state index contributed by atoms with van der Waals surface area (Å²) in [7, 11) is 1.65. The summed E-state index contributed by atoms with van der Waals surface area (Å²) < 4.78 is 11.0. The van der Waals surface area contributed by atoms with Crippen LogP contribution in [0.2, 0.25) is 0 Å². The van der Waals surface area contributed by atoms with Crippen molar-refractivity contribution in [3.05, 3.63) is 59.7 Å². The number of nitrogens with two attached hydrogens (primary N) is 1. The van der Waals surface area contributed by atoms with Gasteiger partial charge in [0.25, 0.3) is 0 Å². The standard InChI is InChI=1S/C21H26N2O3/c1-25-19-5-2-4-17(12-19)14-23(15-20-6-3-11-26-20)21(24)13-16-7-9-18(22)10-8-16/h2,4-5,7-10,12,20H,3,6,11,13-15,22H2,1H3. The van der Waals surface area contributed by atoms with Crippen LogP contribution >= 0.6 is 0 Å². The van der Waals surface area contributed by atoms with Crippen LogP contribution in [0.3, 0.4) is 0 Å². The highest BCUT2D eigenvalue weighted by molar-refractivity contribution is 5.79. The highest BCUT2D eigenvalue weighted by atomic mass is 16.5. The molecule has 5 heteroatoms. The molecule has 1 atom stereocenters. The van der Waals surface area contributed by atoms with Gasteiger partial charge in [0.05, 0.1) is 19.6 Å². The Bertz CT molecular complexity index is 724. The molecule has 1 amide bonds. The Morgan fingerprint density at radius 2 is 2.04 bits per heavy atom. The van der Waals surface area contributed by atoms with Crippen LogP contribution in [0, 0.1) is 0 Å². The monoisotopic (exact) mass is 354 g/mol. The van der Waals surface area contributed by atoms with Gasteiger partial charge in [-0.15, -0.1) is 0 Å². The van der Waals surface area contributed by atoms with Crippen molar-refractivity contribution in [2.24, 2.45) is 0 Å². The lowest BCUT2D eigenvalue weighted by Crippen LogP contribution is -2.37. The van der Waals surface area contributed by atoms with Crippen molar-refractivity contribution in [3.8, 4) is 5.75 Å². The molecule has 0 bridgehead atoms. The van der Waals surface area contributed by atoms with E-state index >= 15 is 0 Å². The zero-order chi connectivity index (χ0) is 18.4. The van der Waals surface area contributed by atoms with E-state index < -0.39 is 0 Å². The third kappa shape index (κ3) is 4.99. The molecule has 2 aromatic carbocycles. The molecule has 1 aliphatic heterocycles. The van der Waals surface area contributed by atoms with Crippen molar-refractivity contribution in [1.82, 2.24) is 4.90 Å². The number of benzene rings is 2. The fourth-order valence-electron chi connectivity index (χ4n) is 3.20. The number of nitrogens with zero attached hydrogens (tertiary/aromatic N) is 1. The summed E-state index contributed by atoms with van der Waals surface area (Å²) in [6, 6.07) is 15.3. The number of hydrogen-bond donors (Lipinski definition) is 1. The number of anilines is 1. The highest BCUT2D eigenvalue weighted by Gasteiger charge is 2.23. The first-order valence-electron chi connectivity index (χ1n) is 9.01. The number of ether oxygens (including phenoxy) is 2. The van der Waals surface area contributed by atoms with Gasteiger partial charge in [-0.2, -0.15) is 0 Å². The highest BCUT2D eigenvalue weighted by Crippen LogP contribution is 2.19. The van der Waals surface area contributed by atoms with E-state index in [2.05, 4.69) is 0 Å². The maximum atomic E-state index is 13.0. The average molecular weight is 354 g/mol. The topological polar surface area (TPSA) is 64.8 Å². The minimum atomic E-state index is 0.0908. The Balaban J connectivity index is 1.72. The summed E-state index contributed by atoms with van der Waals surface area (Å²) >= 11 is 0. The van der Waals surface area contributed by atoms with Gasteiger partial charge in [0.2, 0.25) is 5.91 Å². The molecule has 1 fully saturated rings. The van der Waals surface area contributed by atoms with E-state index in [1.54, 1.807) is 7.11 Å². The molecule has 0 aromatic heterocycles. The molecule has 5 nitrogen and oxygen atoms in total. The number of methoxy groups -OCH3 is 1. The summed E-state index contributed by atoms with van der Waals surface area (Å²) in [4.78, 5) is 14.8. The first kappa shape index (κ1) is 18.3. The summed E-state index contributed by atoms with van der Waals surface area (Å²) in [5.41, 5.74) is 8.45. The third-order valence-electron chi connectivity index (χ3n) is 4.64. The molecule has 0 radical (unpaired) electrons. The molecule has 0 spiro atoms. The predicted octanol–water partition coefficient (Wildman–Crippen LogP) is 3.03. The van der Waals surface area contributed by atoms with Gasteiger partial charge in [0, 0.05) is 25.4 Å². The van der Waals surface area contributed by atoms with Crippen molar-refractivity contribution < 1.29 is 14.3 Å². The van der Waals surface area contributed by atoms with E-state index in [0.29, 0.717) is 25.2 Å². The molecule has 26 heavy (non-hydrogen) atoms. The molecule has 1 saturated heterocycles. The molecular formula is C21H26N2O3. The van der Waals surface area contributed by atoms with E-state index in [9.17, 15) is 4.79 Å². The van der Waals surface area contributed by atoms with Crippen LogP contribution in [0.4, 0.5) is 5.69 Å². The van der Waals surface area contributed by atoms with Crippen LogP contribution in [0.15, 0.2) is 48.5 Å². The Morgan fingerprint density at radius 1 is 1.23 bits per heavy atom. The van der Waals surface area contributed by atoms with Gasteiger partial charge >= 0.3 is 0 Å². The molecule has 2 aromatic rings. The van der Waals surface area contributed by atoms with Crippen molar-refractivity contribution in [2.75, 3.05) is 26.0 Å². The van der Waals surface area contributed by atoms with Gasteiger partial charge in [-0.25, -0.2) is 0 Å². The van der Waals surface area contributed by atoms with Crippen molar-refractivity contribution >= 4 is 11.6 Å². The lowest BCUT2D eigenvalue weighted by atomic mass is 10.1. The third-order valence-corrected chi connectivity index (χ3v) is 4.64. The molecule has 1 unspecified atom stereocenters. The first-order valence-corrected chi connectivity index (χ1v) is 9.01. The minimum Gasteiger partial charge on any atom is -0.497 e. The maximum absolute atomic E-state index is 13.0. The SMILES string of the molecule is COc1cccc(CN(CC2CCCO2)C(=O)Cc2ccc(N)cc2)c1. The molecule has 138 valence electrons. The van der Waals surface area contributed by atoms with Gasteiger partial charge in [-0.05, 0) is 48.2 Å². The van der Waals surface area contributed by atoms with E-state index in [1.165, 1.54) is 0 Å². The Morgan fingerprint density at radius 3 is 2.73 bits per heavy atom. The Hall–Kier alpha value is -2.53. The Kier molecular flexibility index (Phi) is 6.12. The second-order valence-electron chi connectivity index (χ2n) is 6.68. The number of nitrogen functional groups attached to an aromatic ring is 1. The summed E-state index contributed by atoms with van der Waals surface area (Å²) in [6.07, 6.45) is 2.54. The van der Waals surface area contributed by atoms with Crippen LogP contribution < -0.4 is 10.5 Å². The van der Waals surface area contributed by atoms with E-state index in [0.717, 1.165) is 36.3 Å². The molecule has 3 rings (SSSR count). The normalized spacial score (nSPS) is 16.4. The number of rotatable bonds is 7. The number of amides is 1. The van der Waals surface area contributed by atoms with Crippen LogP contribution in [0.25, 0.3) is 0 Å².